The van der Waals surface area contributed by atoms with Crippen molar-refractivity contribution in [3.63, 3.8) is 0 Å². The zero-order valence-electron chi connectivity index (χ0n) is 12.1. The Hall–Kier alpha value is -1.33. The molecule has 0 spiro atoms. The predicted octanol–water partition coefficient (Wildman–Crippen LogP) is 2.16. The van der Waals surface area contributed by atoms with E-state index in [0.29, 0.717) is 17.9 Å². The first-order chi connectivity index (χ1) is 10.2. The van der Waals surface area contributed by atoms with Crippen LogP contribution in [-0.4, -0.2) is 30.0 Å². The van der Waals surface area contributed by atoms with Gasteiger partial charge in [-0.2, -0.15) is 0 Å². The van der Waals surface area contributed by atoms with Gasteiger partial charge in [0.2, 0.25) is 0 Å². The molecule has 3 N–H and O–H groups in total. The predicted molar refractivity (Wildman–Crippen MR) is 77.1 cm³/mol. The maximum absolute atomic E-state index is 14.1. The van der Waals surface area contributed by atoms with Crippen molar-refractivity contribution in [1.82, 2.24) is 0 Å². The van der Waals surface area contributed by atoms with Crippen molar-refractivity contribution in [2.24, 2.45) is 5.73 Å². The molecule has 1 heterocycles. The summed E-state index contributed by atoms with van der Waals surface area (Å²) in [5.74, 6) is 0.417. The van der Waals surface area contributed by atoms with Crippen molar-refractivity contribution < 1.29 is 19.0 Å². The van der Waals surface area contributed by atoms with E-state index in [4.69, 9.17) is 15.2 Å². The normalized spacial score (nSPS) is 23.5. The van der Waals surface area contributed by atoms with Crippen LogP contribution in [0.2, 0.25) is 0 Å². The lowest BCUT2D eigenvalue weighted by Crippen LogP contribution is -2.39. The Bertz CT molecular complexity index is 503. The molecule has 0 bridgehead atoms. The molecule has 0 amide bonds. The first-order valence-electron chi connectivity index (χ1n) is 7.71. The lowest BCUT2D eigenvalue weighted by Gasteiger charge is -2.29. The molecular formula is C16H22FNO3. The van der Waals surface area contributed by atoms with Gasteiger partial charge in [-0.05, 0) is 50.2 Å². The number of hydrogen-bond acceptors (Lipinski definition) is 4. The fourth-order valence-corrected chi connectivity index (χ4v) is 3.10. The lowest BCUT2D eigenvalue weighted by molar-refractivity contribution is 0.0292. The van der Waals surface area contributed by atoms with Gasteiger partial charge in [0.05, 0.1) is 6.10 Å². The molecule has 0 aromatic heterocycles. The maximum atomic E-state index is 14.1. The second-order valence-corrected chi connectivity index (χ2v) is 5.91. The summed E-state index contributed by atoms with van der Waals surface area (Å²) in [6.07, 6.45) is 4.78. The number of fused-ring (bicyclic) bond motifs is 1. The number of rotatable bonds is 4. The monoisotopic (exact) mass is 295 g/mol. The summed E-state index contributed by atoms with van der Waals surface area (Å²) in [5, 5.41) is 9.75. The van der Waals surface area contributed by atoms with E-state index >= 15 is 0 Å². The summed E-state index contributed by atoms with van der Waals surface area (Å²) in [5.41, 5.74) is 6.38. The smallest absolute Gasteiger partial charge is 0.168 e. The van der Waals surface area contributed by atoms with Gasteiger partial charge in [-0.25, -0.2) is 4.39 Å². The summed E-state index contributed by atoms with van der Waals surface area (Å²) < 4.78 is 25.6. The van der Waals surface area contributed by atoms with Crippen molar-refractivity contribution in [2.75, 3.05) is 6.54 Å². The van der Waals surface area contributed by atoms with E-state index in [2.05, 4.69) is 0 Å². The quantitative estimate of drug-likeness (QED) is 0.893. The molecule has 0 unspecified atom stereocenters. The molecule has 1 aliphatic carbocycles. The molecule has 116 valence electrons. The molecule has 1 aromatic carbocycles. The fourth-order valence-electron chi connectivity index (χ4n) is 3.10. The van der Waals surface area contributed by atoms with Crippen molar-refractivity contribution in [2.45, 2.75) is 56.8 Å². The third-order valence-electron chi connectivity index (χ3n) is 4.36. The van der Waals surface area contributed by atoms with Crippen LogP contribution in [0.1, 0.15) is 37.7 Å². The van der Waals surface area contributed by atoms with Crippen LogP contribution < -0.4 is 15.2 Å². The minimum atomic E-state index is -0.712. The minimum Gasteiger partial charge on any atom is -0.487 e. The van der Waals surface area contributed by atoms with Gasteiger partial charge in [-0.1, -0.05) is 0 Å². The largest absolute Gasteiger partial charge is 0.487 e. The first-order valence-corrected chi connectivity index (χ1v) is 7.71. The van der Waals surface area contributed by atoms with E-state index < -0.39 is 11.9 Å². The molecule has 3 rings (SSSR count). The summed E-state index contributed by atoms with van der Waals surface area (Å²) in [6.45, 7) is 0.144. The minimum absolute atomic E-state index is 0.133. The average molecular weight is 295 g/mol. The second-order valence-electron chi connectivity index (χ2n) is 5.91. The van der Waals surface area contributed by atoms with Crippen LogP contribution in [0.15, 0.2) is 12.1 Å². The highest BCUT2D eigenvalue weighted by Gasteiger charge is 2.27. The molecule has 0 radical (unpaired) electrons. The average Bonchev–Trinajstić information content (AvgIpc) is 2.99. The van der Waals surface area contributed by atoms with Crippen LogP contribution in [0.4, 0.5) is 4.39 Å². The Kier molecular flexibility index (Phi) is 4.31. The molecule has 4 nitrogen and oxygen atoms in total. The van der Waals surface area contributed by atoms with Gasteiger partial charge in [-0.3, -0.25) is 0 Å². The molecule has 1 aliphatic heterocycles. The third-order valence-corrected chi connectivity index (χ3v) is 4.36. The number of nitrogens with two attached hydrogens (primary N) is 1. The first kappa shape index (κ1) is 14.6. The standard InChI is InChI=1S/C16H22FNO3/c17-12-8-15-10(5-6-14(21-15)13(19)9-18)7-16(12)20-11-3-1-2-4-11/h7-8,11,13-14,19H,1-6,9,18H2/t13-,14+/m0/s1. The third kappa shape index (κ3) is 3.14. The Morgan fingerprint density at radius 1 is 1.33 bits per heavy atom. The van der Waals surface area contributed by atoms with E-state index in [1.807, 2.05) is 0 Å². The molecule has 2 atom stereocenters. The number of ether oxygens (including phenoxy) is 2. The molecule has 5 heteroatoms. The Labute approximate surface area is 124 Å². The number of benzene rings is 1. The SMILES string of the molecule is NC[C@H](O)[C@H]1CCc2cc(OC3CCCC3)c(F)cc2O1. The molecule has 1 aromatic rings. The van der Waals surface area contributed by atoms with Gasteiger partial charge in [0.15, 0.2) is 11.6 Å². The van der Waals surface area contributed by atoms with Gasteiger partial charge < -0.3 is 20.3 Å². The Morgan fingerprint density at radius 3 is 2.81 bits per heavy atom. The number of aliphatic hydroxyl groups excluding tert-OH is 1. The van der Waals surface area contributed by atoms with Crippen molar-refractivity contribution in [3.8, 4) is 11.5 Å². The van der Waals surface area contributed by atoms with Crippen LogP contribution >= 0.6 is 0 Å². The van der Waals surface area contributed by atoms with E-state index in [1.165, 1.54) is 6.07 Å². The maximum Gasteiger partial charge on any atom is 0.168 e. The Morgan fingerprint density at radius 2 is 2.10 bits per heavy atom. The van der Waals surface area contributed by atoms with Crippen molar-refractivity contribution in [1.29, 1.82) is 0 Å². The van der Waals surface area contributed by atoms with E-state index in [0.717, 1.165) is 37.7 Å². The topological polar surface area (TPSA) is 64.7 Å². The molecule has 21 heavy (non-hydrogen) atoms. The van der Waals surface area contributed by atoms with Crippen molar-refractivity contribution >= 4 is 0 Å². The molecule has 1 saturated carbocycles. The highest BCUT2D eigenvalue weighted by molar-refractivity contribution is 5.43. The lowest BCUT2D eigenvalue weighted by atomic mass is 9.98. The van der Waals surface area contributed by atoms with E-state index in [9.17, 15) is 9.50 Å². The van der Waals surface area contributed by atoms with E-state index in [-0.39, 0.29) is 18.8 Å². The number of halogens is 1. The van der Waals surface area contributed by atoms with Crippen LogP contribution in [0, 0.1) is 5.82 Å². The van der Waals surface area contributed by atoms with Gasteiger partial charge in [0, 0.05) is 12.6 Å². The van der Waals surface area contributed by atoms with Crippen LogP contribution in [0.3, 0.4) is 0 Å². The van der Waals surface area contributed by atoms with Crippen LogP contribution in [-0.2, 0) is 6.42 Å². The summed E-state index contributed by atoms with van der Waals surface area (Å²) in [4.78, 5) is 0. The number of hydrogen-bond donors (Lipinski definition) is 2. The molecule has 0 saturated heterocycles. The summed E-state index contributed by atoms with van der Waals surface area (Å²) in [6, 6.07) is 3.11. The van der Waals surface area contributed by atoms with Gasteiger partial charge in [-0.15, -0.1) is 0 Å². The van der Waals surface area contributed by atoms with Crippen LogP contribution in [0.25, 0.3) is 0 Å². The fraction of sp³-hybridized carbons (Fsp3) is 0.625. The van der Waals surface area contributed by atoms with Gasteiger partial charge in [0.1, 0.15) is 18.0 Å². The highest BCUT2D eigenvalue weighted by atomic mass is 19.1. The van der Waals surface area contributed by atoms with Crippen molar-refractivity contribution in [3.05, 3.63) is 23.5 Å². The Balaban J connectivity index is 1.75. The molecule has 2 aliphatic rings. The van der Waals surface area contributed by atoms with Gasteiger partial charge >= 0.3 is 0 Å². The second kappa shape index (κ2) is 6.20. The highest BCUT2D eigenvalue weighted by Crippen LogP contribution is 2.35. The zero-order valence-corrected chi connectivity index (χ0v) is 12.1. The molecular weight excluding hydrogens is 273 g/mol. The summed E-state index contributed by atoms with van der Waals surface area (Å²) in [7, 11) is 0. The molecule has 1 fully saturated rings. The number of aryl methyl sites for hydroxylation is 1. The zero-order chi connectivity index (χ0) is 14.8. The van der Waals surface area contributed by atoms with Crippen LogP contribution in [0.5, 0.6) is 11.5 Å². The summed E-state index contributed by atoms with van der Waals surface area (Å²) >= 11 is 0. The number of aliphatic hydroxyl groups is 1. The van der Waals surface area contributed by atoms with Gasteiger partial charge in [0.25, 0.3) is 0 Å². The van der Waals surface area contributed by atoms with E-state index in [1.54, 1.807) is 6.07 Å².